The number of allylic oxidation sites excluding steroid dienone is 1. The average Bonchev–Trinajstić information content (AvgIpc) is 3.64. The van der Waals surface area contributed by atoms with Crippen molar-refractivity contribution in [3.63, 3.8) is 0 Å². The van der Waals surface area contributed by atoms with E-state index in [0.29, 0.717) is 13.2 Å². The number of hydrogen-bond donors (Lipinski definition) is 0. The quantitative estimate of drug-likeness (QED) is 0.291. The van der Waals surface area contributed by atoms with E-state index in [9.17, 15) is 0 Å². The van der Waals surface area contributed by atoms with Crippen LogP contribution in [0.4, 0.5) is 0 Å². The van der Waals surface area contributed by atoms with Gasteiger partial charge in [0.15, 0.2) is 6.29 Å². The van der Waals surface area contributed by atoms with Gasteiger partial charge in [0.05, 0.1) is 19.3 Å². The van der Waals surface area contributed by atoms with Gasteiger partial charge in [0.25, 0.3) is 0 Å². The van der Waals surface area contributed by atoms with Crippen LogP contribution in [0.2, 0.25) is 0 Å². The Morgan fingerprint density at radius 3 is 1.86 bits per heavy atom. The summed E-state index contributed by atoms with van der Waals surface area (Å²) in [4.78, 5) is 0. The monoisotopic (exact) mass is 534 g/mol. The van der Waals surface area contributed by atoms with E-state index in [0.717, 1.165) is 23.8 Å². The minimum atomic E-state index is -0.335. The molecule has 190 valence electrons. The van der Waals surface area contributed by atoms with E-state index in [1.165, 1.54) is 16.7 Å². The summed E-state index contributed by atoms with van der Waals surface area (Å²) in [5, 5.41) is 0. The second-order valence-corrected chi connectivity index (χ2v) is 8.85. The Balaban J connectivity index is 0.000000568. The minimum Gasteiger partial charge on any atom is -0.382 e. The Bertz CT molecular complexity index is 937. The molecule has 3 nitrogen and oxygen atoms in total. The number of aryl methyl sites for hydroxylation is 1. The summed E-state index contributed by atoms with van der Waals surface area (Å²) < 4.78 is 17.2. The zero-order chi connectivity index (χ0) is 25.0. The molecule has 3 aliphatic rings. The predicted octanol–water partition coefficient (Wildman–Crippen LogP) is 6.75. The van der Waals surface area contributed by atoms with Crippen LogP contribution in [0, 0.1) is 70.1 Å². The van der Waals surface area contributed by atoms with E-state index in [4.69, 9.17) is 14.2 Å². The van der Waals surface area contributed by atoms with Crippen molar-refractivity contribution in [3.05, 3.63) is 140 Å². The Hall–Kier alpha value is -1.68. The molecule has 2 aromatic rings. The fourth-order valence-electron chi connectivity index (χ4n) is 3.97. The number of methoxy groups -OCH3 is 1. The number of benzene rings is 2. The van der Waals surface area contributed by atoms with Crippen LogP contribution in [0.5, 0.6) is 0 Å². The molecule has 3 fully saturated rings. The number of ether oxygens (including phenoxy) is 3. The van der Waals surface area contributed by atoms with Gasteiger partial charge in [-0.05, 0) is 81.4 Å². The van der Waals surface area contributed by atoms with E-state index < -0.39 is 0 Å². The molecule has 2 aromatic carbocycles. The van der Waals surface area contributed by atoms with Crippen LogP contribution in [-0.2, 0) is 31.3 Å². The van der Waals surface area contributed by atoms with Gasteiger partial charge < -0.3 is 14.2 Å². The summed E-state index contributed by atoms with van der Waals surface area (Å²) in [7, 11) is 1.70. The van der Waals surface area contributed by atoms with Crippen molar-refractivity contribution >= 4 is 18.2 Å². The van der Waals surface area contributed by atoms with Crippen molar-refractivity contribution in [1.82, 2.24) is 0 Å². The normalized spacial score (nSPS) is 22.8. The van der Waals surface area contributed by atoms with Crippen LogP contribution >= 0.6 is 0 Å². The third-order valence-electron chi connectivity index (χ3n) is 6.01. The van der Waals surface area contributed by atoms with Crippen LogP contribution in [0.1, 0.15) is 28.7 Å². The fraction of sp³-hybridized carbons (Fsp3) is 0.212. The van der Waals surface area contributed by atoms with E-state index in [1.54, 1.807) is 7.11 Å². The van der Waals surface area contributed by atoms with Gasteiger partial charge in [0.1, 0.15) is 0 Å². The largest absolute Gasteiger partial charge is 2.00 e. The Kier molecular flexibility index (Phi) is 13.2. The average molecular weight is 534 g/mol. The second kappa shape index (κ2) is 16.3. The van der Waals surface area contributed by atoms with Gasteiger partial charge in [0.2, 0.25) is 0 Å². The zero-order valence-corrected chi connectivity index (χ0v) is 22.5. The molecule has 37 heavy (non-hydrogen) atoms. The van der Waals surface area contributed by atoms with E-state index in [2.05, 4.69) is 92.6 Å². The van der Waals surface area contributed by atoms with Crippen LogP contribution in [0.3, 0.4) is 0 Å². The molecule has 10 radical (unpaired) electrons. The van der Waals surface area contributed by atoms with Crippen LogP contribution in [0.25, 0.3) is 18.2 Å². The maximum Gasteiger partial charge on any atom is 2.00 e. The van der Waals surface area contributed by atoms with Crippen molar-refractivity contribution in [2.45, 2.75) is 25.7 Å². The predicted molar refractivity (Wildman–Crippen MR) is 148 cm³/mol. The third-order valence-corrected chi connectivity index (χ3v) is 6.01. The van der Waals surface area contributed by atoms with Crippen LogP contribution in [-0.4, -0.2) is 32.7 Å². The summed E-state index contributed by atoms with van der Waals surface area (Å²) in [6.07, 6.45) is 25.3. The van der Waals surface area contributed by atoms with E-state index in [-0.39, 0.29) is 29.5 Å². The first-order valence-electron chi connectivity index (χ1n) is 12.4. The second-order valence-electron chi connectivity index (χ2n) is 8.85. The molecule has 2 aliphatic carbocycles. The number of rotatable bonds is 7. The van der Waals surface area contributed by atoms with Gasteiger partial charge in [-0.1, -0.05) is 78.4 Å². The van der Waals surface area contributed by atoms with Gasteiger partial charge in [-0.2, -0.15) is 0 Å². The zero-order valence-electron chi connectivity index (χ0n) is 21.4. The third kappa shape index (κ3) is 9.85. The Morgan fingerprint density at radius 1 is 0.757 bits per heavy atom. The van der Waals surface area contributed by atoms with Gasteiger partial charge in [-0.15, -0.1) is 0 Å². The van der Waals surface area contributed by atoms with Crippen LogP contribution in [0.15, 0.2) is 54.6 Å². The van der Waals surface area contributed by atoms with Gasteiger partial charge >= 0.3 is 17.1 Å². The Morgan fingerprint density at radius 2 is 1.30 bits per heavy atom. The number of hydrogen-bond acceptors (Lipinski definition) is 3. The molecule has 1 aliphatic heterocycles. The van der Waals surface area contributed by atoms with Crippen molar-refractivity contribution < 1.29 is 31.3 Å². The molecule has 0 aromatic heterocycles. The molecule has 0 N–H and O–H groups in total. The van der Waals surface area contributed by atoms with Crippen molar-refractivity contribution in [1.29, 1.82) is 0 Å². The molecule has 2 saturated carbocycles. The molecule has 0 unspecified atom stereocenters. The van der Waals surface area contributed by atoms with Crippen molar-refractivity contribution in [2.24, 2.45) is 0 Å². The first kappa shape index (κ1) is 29.9. The van der Waals surface area contributed by atoms with Gasteiger partial charge in [-0.25, -0.2) is 0 Å². The topological polar surface area (TPSA) is 27.7 Å². The molecule has 0 spiro atoms. The molecule has 1 saturated heterocycles. The smallest absolute Gasteiger partial charge is 0.382 e. The van der Waals surface area contributed by atoms with Crippen LogP contribution < -0.4 is 0 Å². The van der Waals surface area contributed by atoms with Gasteiger partial charge in [-0.3, -0.25) is 0 Å². The molecule has 5 rings (SSSR count). The summed E-state index contributed by atoms with van der Waals surface area (Å²) >= 11 is 0. The summed E-state index contributed by atoms with van der Waals surface area (Å²) in [5.74, 6) is 2.18. The molecular weight excluding hydrogens is 500 g/mol. The molecule has 0 bridgehead atoms. The van der Waals surface area contributed by atoms with Crippen molar-refractivity contribution in [2.75, 3.05) is 20.3 Å². The molecule has 0 amide bonds. The maximum absolute atomic E-state index is 6.06. The SMILES string of the molecule is COC[C@@H]1CCO[C@H]([C]2[CH][CH][CH][C]2/C=C/c2ccc(/C=C/c3ccc(C)cc3)cc2)O1.[CH]1[CH][CH][CH][CH]1.[Fe+2]. The summed E-state index contributed by atoms with van der Waals surface area (Å²) in [5.41, 5.74) is 4.82. The first-order valence-corrected chi connectivity index (χ1v) is 12.4. The van der Waals surface area contributed by atoms with E-state index in [1.807, 2.05) is 38.5 Å². The minimum absolute atomic E-state index is 0. The summed E-state index contributed by atoms with van der Waals surface area (Å²) in [6, 6.07) is 17.1. The fourth-order valence-corrected chi connectivity index (χ4v) is 3.97. The molecule has 2 atom stereocenters. The van der Waals surface area contributed by atoms with E-state index >= 15 is 0 Å². The maximum atomic E-state index is 6.06. The molecule has 4 heteroatoms. The Labute approximate surface area is 235 Å². The first-order chi connectivity index (χ1) is 17.7. The van der Waals surface area contributed by atoms with Crippen molar-refractivity contribution in [3.8, 4) is 0 Å². The molecular formula is C33H34FeO3+2. The van der Waals surface area contributed by atoms with Gasteiger partial charge in [0, 0.05) is 18.9 Å². The standard InChI is InChI=1S/C28H29O3.C5H5.Fe/c1-21-6-8-22(9-7-21)10-11-23-12-14-24(15-13-23)16-17-25-4-3-5-27(25)28-30-19-18-26(31-28)20-29-2;1-2-4-5-3-1;/h3-17,26,28H,18-20H2,1-2H3;1-5H;/q;;+2/b11-10+,17-16+;;/t26-,28-;;/m0../s1. The molecule has 1 heterocycles. The summed E-state index contributed by atoms with van der Waals surface area (Å²) in [6.45, 7) is 3.38.